The molecule has 24 heavy (non-hydrogen) atoms. The van der Waals surface area contributed by atoms with Gasteiger partial charge in [-0.15, -0.1) is 0 Å². The van der Waals surface area contributed by atoms with Gasteiger partial charge >= 0.3 is 0 Å². The van der Waals surface area contributed by atoms with E-state index in [1.54, 1.807) is 14.5 Å². The first-order valence-corrected chi connectivity index (χ1v) is 7.58. The summed E-state index contributed by atoms with van der Waals surface area (Å²) in [5.41, 5.74) is 2.11. The summed E-state index contributed by atoms with van der Waals surface area (Å²) < 4.78 is 1.70. The maximum absolute atomic E-state index is 12.5. The average Bonchev–Trinajstić information content (AvgIpc) is 2.77. The Labute approximate surface area is 141 Å². The predicted molar refractivity (Wildman–Crippen MR) is 92.3 cm³/mol. The van der Waals surface area contributed by atoms with Crippen molar-refractivity contribution in [3.8, 4) is 0 Å². The van der Waals surface area contributed by atoms with Crippen LogP contribution < -0.4 is 15.1 Å². The summed E-state index contributed by atoms with van der Waals surface area (Å²) in [7, 11) is 9.26. The predicted octanol–water partition coefficient (Wildman–Crippen LogP) is 0.284. The molecule has 2 heterocycles. The first-order valence-electron chi connectivity index (χ1n) is 7.58. The third-order valence-corrected chi connectivity index (χ3v) is 3.60. The van der Waals surface area contributed by atoms with Crippen LogP contribution >= 0.6 is 0 Å². The van der Waals surface area contributed by atoms with Crippen molar-refractivity contribution in [2.75, 3.05) is 38.0 Å². The molecule has 0 saturated carbocycles. The standard InChI is InChI=1S/C15H24N8O/c1-9-12(10(2)23(7)20-9)13(24)16-8-11-17-14(21(3)4)19-15(18-11)22(5)6/h8H2,1-7H3,(H,16,24). The van der Waals surface area contributed by atoms with Crippen LogP contribution in [-0.4, -0.2) is 58.8 Å². The highest BCUT2D eigenvalue weighted by atomic mass is 16.1. The zero-order valence-electron chi connectivity index (χ0n) is 15.2. The van der Waals surface area contributed by atoms with Crippen LogP contribution in [0.1, 0.15) is 27.6 Å². The number of carbonyl (C=O) groups excluding carboxylic acids is 1. The molecule has 0 unspecified atom stereocenters. The molecular weight excluding hydrogens is 308 g/mol. The largest absolute Gasteiger partial charge is 0.347 e. The summed E-state index contributed by atoms with van der Waals surface area (Å²) in [5.74, 6) is 1.42. The lowest BCUT2D eigenvalue weighted by molar-refractivity contribution is 0.0948. The molecule has 0 saturated heterocycles. The lowest BCUT2D eigenvalue weighted by Gasteiger charge is -2.16. The number of nitrogens with zero attached hydrogens (tertiary/aromatic N) is 7. The average molecular weight is 332 g/mol. The Bertz CT molecular complexity index is 724. The van der Waals surface area contributed by atoms with Crippen molar-refractivity contribution in [1.29, 1.82) is 0 Å². The van der Waals surface area contributed by atoms with Crippen LogP contribution in [0.25, 0.3) is 0 Å². The summed E-state index contributed by atoms with van der Waals surface area (Å²) in [6.45, 7) is 3.90. The van der Waals surface area contributed by atoms with Gasteiger partial charge in [0.05, 0.1) is 17.8 Å². The zero-order valence-corrected chi connectivity index (χ0v) is 15.2. The Hall–Kier alpha value is -2.71. The summed E-state index contributed by atoms with van der Waals surface area (Å²) in [6.07, 6.45) is 0. The van der Waals surface area contributed by atoms with Gasteiger partial charge in [-0.25, -0.2) is 0 Å². The summed E-state index contributed by atoms with van der Waals surface area (Å²) in [6, 6.07) is 0. The minimum absolute atomic E-state index is 0.184. The monoisotopic (exact) mass is 332 g/mol. The first kappa shape index (κ1) is 17.6. The smallest absolute Gasteiger partial charge is 0.255 e. The number of hydrogen-bond donors (Lipinski definition) is 1. The van der Waals surface area contributed by atoms with E-state index in [0.717, 1.165) is 5.69 Å². The van der Waals surface area contributed by atoms with E-state index < -0.39 is 0 Å². The Morgan fingerprint density at radius 1 is 1.04 bits per heavy atom. The maximum Gasteiger partial charge on any atom is 0.255 e. The van der Waals surface area contributed by atoms with Gasteiger partial charge in [0.1, 0.15) is 0 Å². The molecule has 2 rings (SSSR count). The lowest BCUT2D eigenvalue weighted by atomic mass is 10.2. The molecule has 9 nitrogen and oxygen atoms in total. The van der Waals surface area contributed by atoms with Crippen molar-refractivity contribution in [1.82, 2.24) is 30.0 Å². The Morgan fingerprint density at radius 3 is 2.00 bits per heavy atom. The Morgan fingerprint density at radius 2 is 1.58 bits per heavy atom. The fraction of sp³-hybridized carbons (Fsp3) is 0.533. The Kier molecular flexibility index (Phi) is 5.01. The number of aromatic nitrogens is 5. The molecule has 0 fully saturated rings. The second kappa shape index (κ2) is 6.81. The lowest BCUT2D eigenvalue weighted by Crippen LogP contribution is -2.27. The van der Waals surface area contributed by atoms with E-state index >= 15 is 0 Å². The van der Waals surface area contributed by atoms with E-state index in [2.05, 4.69) is 25.4 Å². The van der Waals surface area contributed by atoms with E-state index in [9.17, 15) is 4.79 Å². The molecule has 0 aliphatic rings. The van der Waals surface area contributed by atoms with E-state index in [4.69, 9.17) is 0 Å². The highest BCUT2D eigenvalue weighted by molar-refractivity contribution is 5.96. The number of rotatable bonds is 5. The quantitative estimate of drug-likeness (QED) is 0.841. The van der Waals surface area contributed by atoms with Crippen molar-refractivity contribution < 1.29 is 4.79 Å². The minimum atomic E-state index is -0.184. The summed E-state index contributed by atoms with van der Waals surface area (Å²) >= 11 is 0. The van der Waals surface area contributed by atoms with Crippen molar-refractivity contribution in [3.05, 3.63) is 22.8 Å². The van der Waals surface area contributed by atoms with Gasteiger partial charge in [-0.2, -0.15) is 20.1 Å². The molecule has 2 aromatic heterocycles. The van der Waals surface area contributed by atoms with Gasteiger partial charge in [0.2, 0.25) is 11.9 Å². The van der Waals surface area contributed by atoms with Crippen LogP contribution in [0.3, 0.4) is 0 Å². The first-order chi connectivity index (χ1) is 11.2. The zero-order chi connectivity index (χ0) is 18.0. The molecule has 0 radical (unpaired) electrons. The fourth-order valence-corrected chi connectivity index (χ4v) is 2.22. The molecule has 0 aromatic carbocycles. The number of amides is 1. The minimum Gasteiger partial charge on any atom is -0.347 e. The molecule has 1 amide bonds. The van der Waals surface area contributed by atoms with Crippen LogP contribution in [0.2, 0.25) is 0 Å². The summed E-state index contributed by atoms with van der Waals surface area (Å²) in [4.78, 5) is 29.2. The second-order valence-electron chi connectivity index (χ2n) is 5.99. The van der Waals surface area contributed by atoms with E-state index in [0.29, 0.717) is 29.0 Å². The second-order valence-corrected chi connectivity index (χ2v) is 5.99. The van der Waals surface area contributed by atoms with Gasteiger partial charge in [0.25, 0.3) is 5.91 Å². The Balaban J connectivity index is 2.20. The molecule has 0 aliphatic heterocycles. The van der Waals surface area contributed by atoms with Crippen molar-refractivity contribution in [2.24, 2.45) is 7.05 Å². The molecule has 0 atom stereocenters. The molecule has 9 heteroatoms. The molecule has 1 N–H and O–H groups in total. The SMILES string of the molecule is Cc1nn(C)c(C)c1C(=O)NCc1nc(N(C)C)nc(N(C)C)n1. The normalized spacial score (nSPS) is 10.6. The van der Waals surface area contributed by atoms with Crippen molar-refractivity contribution in [2.45, 2.75) is 20.4 Å². The molecule has 130 valence electrons. The molecule has 0 bridgehead atoms. The van der Waals surface area contributed by atoms with E-state index in [1.165, 1.54) is 0 Å². The van der Waals surface area contributed by atoms with Crippen LogP contribution in [0.4, 0.5) is 11.9 Å². The fourth-order valence-electron chi connectivity index (χ4n) is 2.22. The van der Waals surface area contributed by atoms with E-state index in [-0.39, 0.29) is 12.5 Å². The van der Waals surface area contributed by atoms with Gasteiger partial charge in [0.15, 0.2) is 5.82 Å². The number of aryl methyl sites for hydroxylation is 2. The van der Waals surface area contributed by atoms with E-state index in [1.807, 2.05) is 49.1 Å². The molecule has 0 spiro atoms. The highest BCUT2D eigenvalue weighted by Gasteiger charge is 2.18. The molecular formula is C15H24N8O. The number of hydrogen-bond acceptors (Lipinski definition) is 7. The van der Waals surface area contributed by atoms with Gasteiger partial charge in [-0.3, -0.25) is 9.48 Å². The number of carbonyl (C=O) groups is 1. The topological polar surface area (TPSA) is 92.1 Å². The third kappa shape index (κ3) is 3.61. The maximum atomic E-state index is 12.5. The third-order valence-electron chi connectivity index (χ3n) is 3.60. The molecule has 2 aromatic rings. The van der Waals surface area contributed by atoms with Gasteiger partial charge in [-0.1, -0.05) is 0 Å². The van der Waals surface area contributed by atoms with Gasteiger partial charge < -0.3 is 15.1 Å². The number of anilines is 2. The van der Waals surface area contributed by atoms with Crippen molar-refractivity contribution >= 4 is 17.8 Å². The van der Waals surface area contributed by atoms with Crippen molar-refractivity contribution in [3.63, 3.8) is 0 Å². The molecule has 0 aliphatic carbocycles. The summed E-state index contributed by atoms with van der Waals surface area (Å²) in [5, 5.41) is 7.12. The van der Waals surface area contributed by atoms with Gasteiger partial charge in [-0.05, 0) is 13.8 Å². The van der Waals surface area contributed by atoms with Crippen LogP contribution in [0, 0.1) is 13.8 Å². The number of nitrogens with one attached hydrogen (secondary N) is 1. The van der Waals surface area contributed by atoms with Crippen LogP contribution in [0.5, 0.6) is 0 Å². The van der Waals surface area contributed by atoms with Crippen LogP contribution in [0.15, 0.2) is 0 Å². The van der Waals surface area contributed by atoms with Crippen LogP contribution in [-0.2, 0) is 13.6 Å². The van der Waals surface area contributed by atoms with Gasteiger partial charge in [0, 0.05) is 40.9 Å². The highest BCUT2D eigenvalue weighted by Crippen LogP contribution is 2.13.